The Morgan fingerprint density at radius 1 is 1.13 bits per heavy atom. The Morgan fingerprint density at radius 2 is 1.83 bits per heavy atom. The third kappa shape index (κ3) is 4.38. The Hall–Kier alpha value is -1.97. The molecule has 30 heavy (non-hydrogen) atoms. The van der Waals surface area contributed by atoms with Crippen LogP contribution in [0.5, 0.6) is 0 Å². The molecule has 0 spiro atoms. The molecular formula is C20H17Cl2N3O3S2. The van der Waals surface area contributed by atoms with Crippen molar-refractivity contribution in [1.82, 2.24) is 9.29 Å². The number of hydrogen-bond acceptors (Lipinski definition) is 5. The maximum Gasteiger partial charge on any atom is 0.257 e. The normalized spacial score (nSPS) is 14.1. The molecule has 0 bridgehead atoms. The molecular weight excluding hydrogens is 465 g/mol. The second-order valence-corrected chi connectivity index (χ2v) is 10.6. The zero-order valence-corrected chi connectivity index (χ0v) is 18.9. The molecule has 1 N–H and O–H groups in total. The van der Waals surface area contributed by atoms with Gasteiger partial charge in [0, 0.05) is 29.6 Å². The number of rotatable bonds is 6. The van der Waals surface area contributed by atoms with Crippen LogP contribution in [0.15, 0.2) is 52.7 Å². The highest BCUT2D eigenvalue weighted by Crippen LogP contribution is 2.32. The van der Waals surface area contributed by atoms with Gasteiger partial charge in [-0.1, -0.05) is 29.3 Å². The van der Waals surface area contributed by atoms with Crippen LogP contribution in [0.3, 0.4) is 0 Å². The number of halogens is 2. The molecule has 1 aromatic heterocycles. The molecule has 1 aliphatic carbocycles. The lowest BCUT2D eigenvalue weighted by atomic mass is 10.2. The van der Waals surface area contributed by atoms with Gasteiger partial charge in [-0.2, -0.15) is 4.31 Å². The van der Waals surface area contributed by atoms with Crippen molar-refractivity contribution in [1.29, 1.82) is 0 Å². The van der Waals surface area contributed by atoms with Crippen LogP contribution in [0.4, 0.5) is 5.13 Å². The van der Waals surface area contributed by atoms with Gasteiger partial charge in [0.15, 0.2) is 5.13 Å². The van der Waals surface area contributed by atoms with Gasteiger partial charge in [0.2, 0.25) is 10.0 Å². The standard InChI is InChI=1S/C20H17Cl2N3O3S2/c1-25(14-5-6-14)30(27,28)15-7-2-12(3-8-15)19(26)24-20-23-18(11-29-20)13-4-9-16(21)17(22)10-13/h2-4,7-11,14H,5-6H2,1H3,(H,23,24,26). The average molecular weight is 482 g/mol. The quantitative estimate of drug-likeness (QED) is 0.527. The fraction of sp³-hybridized carbons (Fsp3) is 0.200. The molecule has 0 aliphatic heterocycles. The van der Waals surface area contributed by atoms with Gasteiger partial charge in [-0.25, -0.2) is 13.4 Å². The average Bonchev–Trinajstić information content (AvgIpc) is 3.48. The van der Waals surface area contributed by atoms with Crippen molar-refractivity contribution in [2.24, 2.45) is 0 Å². The van der Waals surface area contributed by atoms with Crippen molar-refractivity contribution in [3.63, 3.8) is 0 Å². The van der Waals surface area contributed by atoms with E-state index in [1.807, 2.05) is 0 Å². The fourth-order valence-electron chi connectivity index (χ4n) is 2.87. The van der Waals surface area contributed by atoms with Crippen molar-refractivity contribution < 1.29 is 13.2 Å². The third-order valence-corrected chi connectivity index (χ3v) is 8.22. The first kappa shape index (κ1) is 21.3. The smallest absolute Gasteiger partial charge is 0.257 e. The van der Waals surface area contributed by atoms with E-state index < -0.39 is 10.0 Å². The van der Waals surface area contributed by atoms with E-state index in [1.165, 1.54) is 39.9 Å². The third-order valence-electron chi connectivity index (χ3n) is 4.79. The number of aromatic nitrogens is 1. The van der Waals surface area contributed by atoms with E-state index in [-0.39, 0.29) is 16.8 Å². The summed E-state index contributed by atoms with van der Waals surface area (Å²) in [7, 11) is -1.96. The lowest BCUT2D eigenvalue weighted by Crippen LogP contribution is -2.29. The summed E-state index contributed by atoms with van der Waals surface area (Å²) < 4.78 is 26.5. The van der Waals surface area contributed by atoms with Crippen LogP contribution < -0.4 is 5.32 Å². The topological polar surface area (TPSA) is 79.4 Å². The van der Waals surface area contributed by atoms with Crippen molar-refractivity contribution in [2.45, 2.75) is 23.8 Å². The van der Waals surface area contributed by atoms with Crippen molar-refractivity contribution >= 4 is 55.6 Å². The van der Waals surface area contributed by atoms with Gasteiger partial charge in [0.25, 0.3) is 5.91 Å². The van der Waals surface area contributed by atoms with Crippen LogP contribution in [0, 0.1) is 0 Å². The van der Waals surface area contributed by atoms with Gasteiger partial charge in [-0.3, -0.25) is 10.1 Å². The van der Waals surface area contributed by atoms with Crippen LogP contribution >= 0.6 is 34.5 Å². The minimum Gasteiger partial charge on any atom is -0.298 e. The molecule has 1 fully saturated rings. The van der Waals surface area contributed by atoms with Crippen molar-refractivity contribution in [3.8, 4) is 11.3 Å². The predicted molar refractivity (Wildman–Crippen MR) is 120 cm³/mol. The number of benzene rings is 2. The van der Waals surface area contributed by atoms with E-state index in [4.69, 9.17) is 23.2 Å². The fourth-order valence-corrected chi connectivity index (χ4v) is 5.30. The maximum absolute atomic E-state index is 12.6. The summed E-state index contributed by atoms with van der Waals surface area (Å²) in [5, 5.41) is 5.84. The van der Waals surface area contributed by atoms with Gasteiger partial charge in [0.05, 0.1) is 20.6 Å². The lowest BCUT2D eigenvalue weighted by Gasteiger charge is -2.16. The number of carbonyl (C=O) groups is 1. The molecule has 1 amide bonds. The largest absolute Gasteiger partial charge is 0.298 e. The summed E-state index contributed by atoms with van der Waals surface area (Å²) in [5.74, 6) is -0.371. The van der Waals surface area contributed by atoms with Crippen LogP contribution in [-0.4, -0.2) is 36.7 Å². The summed E-state index contributed by atoms with van der Waals surface area (Å²) in [6.45, 7) is 0. The first-order chi connectivity index (χ1) is 14.3. The van der Waals surface area contributed by atoms with Crippen LogP contribution in [-0.2, 0) is 10.0 Å². The first-order valence-electron chi connectivity index (χ1n) is 9.06. The number of anilines is 1. The van der Waals surface area contributed by atoms with Gasteiger partial charge in [0.1, 0.15) is 0 Å². The van der Waals surface area contributed by atoms with E-state index >= 15 is 0 Å². The van der Waals surface area contributed by atoms with Crippen LogP contribution in [0.1, 0.15) is 23.2 Å². The Morgan fingerprint density at radius 3 is 2.47 bits per heavy atom. The number of sulfonamides is 1. The molecule has 0 radical (unpaired) electrons. The number of amides is 1. The minimum atomic E-state index is -3.54. The van der Waals surface area contributed by atoms with Crippen LogP contribution in [0.2, 0.25) is 10.0 Å². The Balaban J connectivity index is 1.46. The summed E-state index contributed by atoms with van der Waals surface area (Å²) >= 11 is 13.3. The van der Waals surface area contributed by atoms with E-state index in [1.54, 1.807) is 30.6 Å². The molecule has 3 aromatic rings. The van der Waals surface area contributed by atoms with E-state index in [0.29, 0.717) is 26.4 Å². The molecule has 156 valence electrons. The second kappa shape index (κ2) is 8.28. The molecule has 1 aliphatic rings. The van der Waals surface area contributed by atoms with E-state index in [0.717, 1.165) is 18.4 Å². The summed E-state index contributed by atoms with van der Waals surface area (Å²) in [6.07, 6.45) is 1.77. The first-order valence-corrected chi connectivity index (χ1v) is 12.1. The van der Waals surface area contributed by atoms with Gasteiger partial charge >= 0.3 is 0 Å². The van der Waals surface area contributed by atoms with Gasteiger partial charge in [-0.15, -0.1) is 11.3 Å². The Labute approximate surface area is 188 Å². The maximum atomic E-state index is 12.6. The number of thiazole rings is 1. The number of nitrogens with one attached hydrogen (secondary N) is 1. The van der Waals surface area contributed by atoms with Gasteiger partial charge < -0.3 is 0 Å². The summed E-state index contributed by atoms with van der Waals surface area (Å²) in [6, 6.07) is 11.2. The molecule has 0 atom stereocenters. The lowest BCUT2D eigenvalue weighted by molar-refractivity contribution is 0.102. The number of carbonyl (C=O) groups excluding carboxylic acids is 1. The molecule has 1 saturated carbocycles. The molecule has 10 heteroatoms. The predicted octanol–water partition coefficient (Wildman–Crippen LogP) is 5.15. The van der Waals surface area contributed by atoms with E-state index in [2.05, 4.69) is 10.3 Å². The van der Waals surface area contributed by atoms with Gasteiger partial charge in [-0.05, 0) is 49.2 Å². The highest BCUT2D eigenvalue weighted by Gasteiger charge is 2.35. The highest BCUT2D eigenvalue weighted by atomic mass is 35.5. The molecule has 2 aromatic carbocycles. The SMILES string of the molecule is CN(C1CC1)S(=O)(=O)c1ccc(C(=O)Nc2nc(-c3ccc(Cl)c(Cl)c3)cs2)cc1. The van der Waals surface area contributed by atoms with Crippen molar-refractivity contribution in [2.75, 3.05) is 12.4 Å². The summed E-state index contributed by atoms with van der Waals surface area (Å²) in [5.41, 5.74) is 1.79. The second-order valence-electron chi connectivity index (χ2n) is 6.90. The monoisotopic (exact) mass is 481 g/mol. The molecule has 4 rings (SSSR count). The van der Waals surface area contributed by atoms with Crippen LogP contribution in [0.25, 0.3) is 11.3 Å². The summed E-state index contributed by atoms with van der Waals surface area (Å²) in [4.78, 5) is 17.1. The molecule has 0 saturated heterocycles. The van der Waals surface area contributed by atoms with E-state index in [9.17, 15) is 13.2 Å². The minimum absolute atomic E-state index is 0.0765. The molecule has 0 unspecified atom stereocenters. The zero-order chi connectivity index (χ0) is 21.5. The Kier molecular flexibility index (Phi) is 5.87. The molecule has 6 nitrogen and oxygen atoms in total. The number of hydrogen-bond donors (Lipinski definition) is 1. The van der Waals surface area contributed by atoms with Crippen molar-refractivity contribution in [3.05, 3.63) is 63.5 Å². The zero-order valence-electron chi connectivity index (χ0n) is 15.8. The number of nitrogens with zero attached hydrogens (tertiary/aromatic N) is 2. The molecule has 1 heterocycles. The highest BCUT2D eigenvalue weighted by molar-refractivity contribution is 7.89. The Bertz CT molecular complexity index is 1210.